The van der Waals surface area contributed by atoms with Gasteiger partial charge in [-0.25, -0.2) is 10.8 Å². The lowest BCUT2D eigenvalue weighted by atomic mass is 10.1. The third-order valence-electron chi connectivity index (χ3n) is 3.51. The number of nitrogens with two attached hydrogens (primary N) is 1. The van der Waals surface area contributed by atoms with Crippen LogP contribution in [0.1, 0.15) is 28.3 Å². The van der Waals surface area contributed by atoms with Crippen molar-refractivity contribution in [1.82, 2.24) is 20.2 Å². The fraction of sp³-hybridized carbons (Fsp3) is 0.667. The van der Waals surface area contributed by atoms with Crippen molar-refractivity contribution >= 4 is 17.2 Å². The number of carbonyl (C=O) groups is 1. The summed E-state index contributed by atoms with van der Waals surface area (Å²) in [5.41, 5.74) is 3.04. The summed E-state index contributed by atoms with van der Waals surface area (Å²) < 4.78 is 0. The first-order chi connectivity index (χ1) is 9.10. The molecule has 1 aromatic rings. The average molecular weight is 283 g/mol. The summed E-state index contributed by atoms with van der Waals surface area (Å²) in [7, 11) is 4.28. The van der Waals surface area contributed by atoms with Crippen molar-refractivity contribution < 1.29 is 4.79 Å². The van der Waals surface area contributed by atoms with Crippen molar-refractivity contribution in [3.8, 4) is 0 Å². The smallest absolute Gasteiger partial charge is 0.294 e. The van der Waals surface area contributed by atoms with Crippen LogP contribution in [-0.2, 0) is 6.54 Å². The first-order valence-electron chi connectivity index (χ1n) is 6.44. The van der Waals surface area contributed by atoms with Crippen LogP contribution in [0.15, 0.2) is 5.38 Å². The SMILES string of the molecule is CN1CCCC(N(C)Cc2csc(C(=O)NN)n2)C1. The summed E-state index contributed by atoms with van der Waals surface area (Å²) in [6, 6.07) is 0.562. The number of nitrogen functional groups attached to an aromatic ring is 1. The number of thiazole rings is 1. The zero-order chi connectivity index (χ0) is 13.8. The molecule has 0 bridgehead atoms. The zero-order valence-electron chi connectivity index (χ0n) is 11.4. The fourth-order valence-electron chi connectivity index (χ4n) is 2.43. The Bertz CT molecular complexity index is 436. The molecule has 1 amide bonds. The lowest BCUT2D eigenvalue weighted by Gasteiger charge is -2.35. The Morgan fingerprint density at radius 1 is 1.74 bits per heavy atom. The molecule has 1 aliphatic rings. The van der Waals surface area contributed by atoms with Gasteiger partial charge in [0, 0.05) is 24.5 Å². The van der Waals surface area contributed by atoms with Crippen molar-refractivity contribution in [3.63, 3.8) is 0 Å². The van der Waals surface area contributed by atoms with E-state index in [0.29, 0.717) is 11.0 Å². The van der Waals surface area contributed by atoms with Crippen molar-refractivity contribution in [3.05, 3.63) is 16.1 Å². The monoisotopic (exact) mass is 283 g/mol. The van der Waals surface area contributed by atoms with Gasteiger partial charge in [0.25, 0.3) is 5.91 Å². The number of carbonyl (C=O) groups excluding carboxylic acids is 1. The summed E-state index contributed by atoms with van der Waals surface area (Å²) in [5.74, 6) is 4.78. The molecule has 0 spiro atoms. The molecule has 0 radical (unpaired) electrons. The molecular formula is C12H21N5OS. The first kappa shape index (κ1) is 14.4. The van der Waals surface area contributed by atoms with Crippen LogP contribution in [0.5, 0.6) is 0 Å². The van der Waals surface area contributed by atoms with Crippen LogP contribution in [0, 0.1) is 0 Å². The van der Waals surface area contributed by atoms with E-state index in [0.717, 1.165) is 18.8 Å². The van der Waals surface area contributed by atoms with Gasteiger partial charge in [-0.1, -0.05) is 0 Å². The average Bonchev–Trinajstić information content (AvgIpc) is 2.86. The van der Waals surface area contributed by atoms with E-state index in [-0.39, 0.29) is 5.91 Å². The molecule has 1 aromatic heterocycles. The standard InChI is InChI=1S/C12H21N5OS/c1-16-5-3-4-10(7-16)17(2)6-9-8-19-12(14-9)11(18)15-13/h8,10H,3-7,13H2,1-2H3,(H,15,18). The molecule has 1 unspecified atom stereocenters. The van der Waals surface area contributed by atoms with Crippen LogP contribution in [-0.4, -0.2) is 53.9 Å². The number of nitrogens with zero attached hydrogens (tertiary/aromatic N) is 3. The highest BCUT2D eigenvalue weighted by Gasteiger charge is 2.21. The van der Waals surface area contributed by atoms with E-state index in [1.54, 1.807) is 0 Å². The number of likely N-dealkylation sites (tertiary alicyclic amines) is 1. The summed E-state index contributed by atoms with van der Waals surface area (Å²) in [6.07, 6.45) is 2.46. The van der Waals surface area contributed by atoms with Gasteiger partial charge in [-0.05, 0) is 33.5 Å². The molecule has 19 heavy (non-hydrogen) atoms. The Balaban J connectivity index is 1.93. The van der Waals surface area contributed by atoms with Crippen LogP contribution in [0.25, 0.3) is 0 Å². The molecule has 2 heterocycles. The molecule has 2 rings (SSSR count). The number of hydrogen-bond acceptors (Lipinski definition) is 6. The van der Waals surface area contributed by atoms with Crippen molar-refractivity contribution in [2.75, 3.05) is 27.2 Å². The molecule has 0 aliphatic carbocycles. The molecule has 6 nitrogen and oxygen atoms in total. The summed E-state index contributed by atoms with van der Waals surface area (Å²) in [5, 5.41) is 2.35. The lowest BCUT2D eigenvalue weighted by molar-refractivity contribution is 0.0952. The van der Waals surface area contributed by atoms with E-state index in [4.69, 9.17) is 5.84 Å². The van der Waals surface area contributed by atoms with Gasteiger partial charge in [0.1, 0.15) is 0 Å². The Morgan fingerprint density at radius 2 is 2.53 bits per heavy atom. The molecule has 1 aliphatic heterocycles. The van der Waals surface area contributed by atoms with Crippen molar-refractivity contribution in [1.29, 1.82) is 0 Å². The van der Waals surface area contributed by atoms with Crippen LogP contribution >= 0.6 is 11.3 Å². The van der Waals surface area contributed by atoms with Crippen LogP contribution in [0.2, 0.25) is 0 Å². The van der Waals surface area contributed by atoms with Crippen LogP contribution in [0.3, 0.4) is 0 Å². The number of aromatic nitrogens is 1. The predicted octanol–water partition coefficient (Wildman–Crippen LogP) is 0.273. The Labute approximate surface area is 117 Å². The Kier molecular flexibility index (Phi) is 4.87. The number of rotatable bonds is 4. The van der Waals surface area contributed by atoms with Gasteiger partial charge < -0.3 is 4.90 Å². The van der Waals surface area contributed by atoms with E-state index in [2.05, 4.69) is 34.3 Å². The second-order valence-corrected chi connectivity index (χ2v) is 5.95. The fourth-order valence-corrected chi connectivity index (χ4v) is 3.14. The number of hydrogen-bond donors (Lipinski definition) is 2. The third-order valence-corrected chi connectivity index (χ3v) is 4.40. The third kappa shape index (κ3) is 3.73. The second-order valence-electron chi connectivity index (χ2n) is 5.09. The topological polar surface area (TPSA) is 74.5 Å². The molecule has 106 valence electrons. The Hall–Kier alpha value is -1.02. The van der Waals surface area contributed by atoms with Gasteiger partial charge in [0.05, 0.1) is 5.69 Å². The highest BCUT2D eigenvalue weighted by molar-refractivity contribution is 7.11. The summed E-state index contributed by atoms with van der Waals surface area (Å²) >= 11 is 1.33. The quantitative estimate of drug-likeness (QED) is 0.471. The predicted molar refractivity (Wildman–Crippen MR) is 75.8 cm³/mol. The minimum atomic E-state index is -0.323. The highest BCUT2D eigenvalue weighted by Crippen LogP contribution is 2.17. The van der Waals surface area contributed by atoms with E-state index >= 15 is 0 Å². The minimum absolute atomic E-state index is 0.323. The molecule has 1 atom stereocenters. The molecule has 3 N–H and O–H groups in total. The Morgan fingerprint density at radius 3 is 3.21 bits per heavy atom. The maximum Gasteiger partial charge on any atom is 0.294 e. The molecule has 7 heteroatoms. The van der Waals surface area contributed by atoms with Gasteiger partial charge in [-0.15, -0.1) is 11.3 Å². The van der Waals surface area contributed by atoms with E-state index in [9.17, 15) is 4.79 Å². The van der Waals surface area contributed by atoms with E-state index < -0.39 is 0 Å². The summed E-state index contributed by atoms with van der Waals surface area (Å²) in [4.78, 5) is 20.3. The number of likely N-dealkylation sites (N-methyl/N-ethyl adjacent to an activating group) is 2. The molecule has 0 saturated carbocycles. The van der Waals surface area contributed by atoms with Gasteiger partial charge >= 0.3 is 0 Å². The first-order valence-corrected chi connectivity index (χ1v) is 7.32. The molecular weight excluding hydrogens is 262 g/mol. The summed E-state index contributed by atoms with van der Waals surface area (Å²) in [6.45, 7) is 3.05. The highest BCUT2D eigenvalue weighted by atomic mass is 32.1. The lowest BCUT2D eigenvalue weighted by Crippen LogP contribution is -2.44. The van der Waals surface area contributed by atoms with Gasteiger partial charge in [0.15, 0.2) is 5.01 Å². The van der Waals surface area contributed by atoms with Gasteiger partial charge in [0.2, 0.25) is 0 Å². The number of nitrogens with one attached hydrogen (secondary N) is 1. The maximum absolute atomic E-state index is 11.3. The van der Waals surface area contributed by atoms with Gasteiger partial charge in [-0.2, -0.15) is 0 Å². The van der Waals surface area contributed by atoms with Gasteiger partial charge in [-0.3, -0.25) is 15.1 Å². The van der Waals surface area contributed by atoms with E-state index in [1.807, 2.05) is 5.38 Å². The normalized spacial score (nSPS) is 20.7. The maximum atomic E-state index is 11.3. The number of amides is 1. The van der Waals surface area contributed by atoms with E-state index in [1.165, 1.54) is 30.7 Å². The molecule has 0 aromatic carbocycles. The molecule has 1 fully saturated rings. The largest absolute Gasteiger partial charge is 0.305 e. The number of hydrazine groups is 1. The van der Waals surface area contributed by atoms with Crippen LogP contribution < -0.4 is 11.3 Å². The number of piperidine rings is 1. The minimum Gasteiger partial charge on any atom is -0.305 e. The van der Waals surface area contributed by atoms with Crippen LogP contribution in [0.4, 0.5) is 0 Å². The second kappa shape index (κ2) is 6.42. The van der Waals surface area contributed by atoms with Crippen molar-refractivity contribution in [2.45, 2.75) is 25.4 Å². The van der Waals surface area contributed by atoms with Crippen molar-refractivity contribution in [2.24, 2.45) is 5.84 Å². The molecule has 1 saturated heterocycles. The zero-order valence-corrected chi connectivity index (χ0v) is 12.2.